The van der Waals surface area contributed by atoms with Crippen molar-refractivity contribution in [2.75, 3.05) is 0 Å². The van der Waals surface area contributed by atoms with Crippen molar-refractivity contribution in [1.82, 2.24) is 10.8 Å². The Morgan fingerprint density at radius 2 is 1.85 bits per heavy atom. The lowest BCUT2D eigenvalue weighted by Crippen LogP contribution is -2.38. The van der Waals surface area contributed by atoms with E-state index in [0.717, 1.165) is 11.8 Å². The van der Waals surface area contributed by atoms with Crippen LogP contribution in [-0.2, 0) is 0 Å². The molecular formula is C20H20N2O5. The maximum Gasteiger partial charge on any atom is 0.289 e. The lowest BCUT2D eigenvalue weighted by Gasteiger charge is -2.19. The van der Waals surface area contributed by atoms with Crippen LogP contribution in [0.2, 0.25) is 0 Å². The van der Waals surface area contributed by atoms with Crippen molar-refractivity contribution in [1.29, 1.82) is 0 Å². The summed E-state index contributed by atoms with van der Waals surface area (Å²) in [6.45, 7) is 1.98. The number of benzene rings is 2. The van der Waals surface area contributed by atoms with Crippen molar-refractivity contribution in [2.24, 2.45) is 0 Å². The molecule has 3 aromatic rings. The second-order valence-corrected chi connectivity index (χ2v) is 5.98. The van der Waals surface area contributed by atoms with Gasteiger partial charge in [-0.05, 0) is 36.4 Å². The van der Waals surface area contributed by atoms with Crippen LogP contribution < -0.4 is 15.5 Å². The zero-order valence-electron chi connectivity index (χ0n) is 14.8. The Balaban J connectivity index is 1.69. The average molecular weight is 368 g/mol. The molecule has 27 heavy (non-hydrogen) atoms. The molecule has 0 fully saturated rings. The third-order valence-corrected chi connectivity index (χ3v) is 3.99. The minimum atomic E-state index is -0.607. The quantitative estimate of drug-likeness (QED) is 0.337. The van der Waals surface area contributed by atoms with E-state index in [4.69, 9.17) is 14.4 Å². The number of carbonyl (C=O) groups excluding carboxylic acids is 2. The van der Waals surface area contributed by atoms with Crippen molar-refractivity contribution in [3.63, 3.8) is 0 Å². The highest BCUT2D eigenvalue weighted by atomic mass is 16.5. The van der Waals surface area contributed by atoms with Crippen LogP contribution in [0.3, 0.4) is 0 Å². The first kappa shape index (κ1) is 18.5. The van der Waals surface area contributed by atoms with Gasteiger partial charge >= 0.3 is 0 Å². The minimum absolute atomic E-state index is 0.218. The molecule has 0 saturated carbocycles. The number of fused-ring (bicyclic) bond motifs is 1. The number of para-hydroxylation sites is 1. The molecule has 1 heterocycles. The summed E-state index contributed by atoms with van der Waals surface area (Å²) in [5.41, 5.74) is 2.51. The summed E-state index contributed by atoms with van der Waals surface area (Å²) in [4.78, 5) is 23.9. The summed E-state index contributed by atoms with van der Waals surface area (Å²) in [6, 6.07) is 15.3. The van der Waals surface area contributed by atoms with Gasteiger partial charge in [0.15, 0.2) is 12.0 Å². The molecule has 1 aromatic heterocycles. The average Bonchev–Trinajstić information content (AvgIpc) is 3.12. The number of rotatable bonds is 7. The second-order valence-electron chi connectivity index (χ2n) is 5.98. The molecule has 140 valence electrons. The molecule has 0 spiro atoms. The molecule has 2 amide bonds. The molecule has 0 bridgehead atoms. The van der Waals surface area contributed by atoms with E-state index in [1.54, 1.807) is 29.7 Å². The fourth-order valence-electron chi connectivity index (χ4n) is 2.65. The van der Waals surface area contributed by atoms with Crippen molar-refractivity contribution in [3.05, 3.63) is 65.9 Å². The predicted molar refractivity (Wildman–Crippen MR) is 98.7 cm³/mol. The highest BCUT2D eigenvalue weighted by molar-refractivity contribution is 5.96. The van der Waals surface area contributed by atoms with E-state index in [1.165, 1.54) is 12.1 Å². The summed E-state index contributed by atoms with van der Waals surface area (Å²) in [7, 11) is 0. The Morgan fingerprint density at radius 3 is 2.52 bits per heavy atom. The SMILES string of the molecule is CCC[C@@H](NC(=O)c1cc2ccccc2o1)Oc1ccc(C(=O)NO)cc1. The molecule has 1 atom stereocenters. The van der Waals surface area contributed by atoms with Crippen molar-refractivity contribution in [2.45, 2.75) is 26.0 Å². The molecule has 0 saturated heterocycles. The van der Waals surface area contributed by atoms with Crippen LogP contribution in [0.25, 0.3) is 11.0 Å². The fourth-order valence-corrected chi connectivity index (χ4v) is 2.65. The van der Waals surface area contributed by atoms with Crippen molar-refractivity contribution >= 4 is 22.8 Å². The number of nitrogens with one attached hydrogen (secondary N) is 2. The molecule has 0 radical (unpaired) electrons. The number of furan rings is 1. The number of hydrogen-bond donors (Lipinski definition) is 3. The summed E-state index contributed by atoms with van der Waals surface area (Å²) < 4.78 is 11.4. The molecule has 0 aliphatic carbocycles. The number of hydroxylamine groups is 1. The topological polar surface area (TPSA) is 101 Å². The van der Waals surface area contributed by atoms with Crippen LogP contribution >= 0.6 is 0 Å². The predicted octanol–water partition coefficient (Wildman–Crippen LogP) is 3.49. The molecule has 7 heteroatoms. The van der Waals surface area contributed by atoms with Gasteiger partial charge in [-0.1, -0.05) is 31.5 Å². The van der Waals surface area contributed by atoms with Gasteiger partial charge in [-0.15, -0.1) is 0 Å². The van der Waals surface area contributed by atoms with E-state index in [1.807, 2.05) is 25.1 Å². The van der Waals surface area contributed by atoms with Gasteiger partial charge in [0.2, 0.25) is 0 Å². The lowest BCUT2D eigenvalue weighted by atomic mass is 10.2. The smallest absolute Gasteiger partial charge is 0.289 e. The third kappa shape index (κ3) is 4.45. The number of ether oxygens (including phenoxy) is 1. The maximum atomic E-state index is 12.5. The van der Waals surface area contributed by atoms with Crippen molar-refractivity contribution < 1.29 is 24.0 Å². The zero-order chi connectivity index (χ0) is 19.2. The van der Waals surface area contributed by atoms with E-state index in [9.17, 15) is 9.59 Å². The zero-order valence-corrected chi connectivity index (χ0v) is 14.8. The van der Waals surface area contributed by atoms with Crippen LogP contribution in [0.1, 0.15) is 40.7 Å². The van der Waals surface area contributed by atoms with Crippen LogP contribution in [0.15, 0.2) is 59.0 Å². The first-order valence-corrected chi connectivity index (χ1v) is 8.61. The first-order chi connectivity index (χ1) is 13.1. The monoisotopic (exact) mass is 368 g/mol. The van der Waals surface area contributed by atoms with Gasteiger partial charge in [-0.2, -0.15) is 0 Å². The first-order valence-electron chi connectivity index (χ1n) is 8.61. The maximum absolute atomic E-state index is 12.5. The molecule has 2 aromatic carbocycles. The number of carbonyl (C=O) groups is 2. The highest BCUT2D eigenvalue weighted by Gasteiger charge is 2.18. The van der Waals surface area contributed by atoms with Crippen LogP contribution in [0, 0.1) is 0 Å². The van der Waals surface area contributed by atoms with Gasteiger partial charge in [0.25, 0.3) is 11.8 Å². The molecule has 3 rings (SSSR count). The molecule has 3 N–H and O–H groups in total. The summed E-state index contributed by atoms with van der Waals surface area (Å²) in [5, 5.41) is 12.3. The largest absolute Gasteiger partial charge is 0.471 e. The van der Waals surface area contributed by atoms with E-state index in [2.05, 4.69) is 5.32 Å². The molecule has 7 nitrogen and oxygen atoms in total. The highest BCUT2D eigenvalue weighted by Crippen LogP contribution is 2.20. The number of hydrogen-bond acceptors (Lipinski definition) is 5. The lowest BCUT2D eigenvalue weighted by molar-refractivity contribution is 0.0706. The molecule has 0 aliphatic rings. The van der Waals surface area contributed by atoms with Gasteiger partial charge in [-0.25, -0.2) is 5.48 Å². The Hall–Kier alpha value is -3.32. The van der Waals surface area contributed by atoms with Crippen LogP contribution in [-0.4, -0.2) is 23.2 Å². The molecular weight excluding hydrogens is 348 g/mol. The summed E-state index contributed by atoms with van der Waals surface area (Å²) in [6.07, 6.45) is 0.856. The van der Waals surface area contributed by atoms with Crippen molar-refractivity contribution in [3.8, 4) is 5.75 Å². The Labute approximate surface area is 155 Å². The Kier molecular flexibility index (Phi) is 5.73. The van der Waals surface area contributed by atoms with Gasteiger partial charge in [0.1, 0.15) is 11.3 Å². The summed E-state index contributed by atoms with van der Waals surface area (Å²) in [5.74, 6) is -0.255. The number of amides is 2. The minimum Gasteiger partial charge on any atom is -0.471 e. The van der Waals surface area contributed by atoms with E-state index >= 15 is 0 Å². The van der Waals surface area contributed by atoms with Gasteiger partial charge in [0, 0.05) is 17.4 Å². The van der Waals surface area contributed by atoms with Gasteiger partial charge in [-0.3, -0.25) is 14.8 Å². The fraction of sp³-hybridized carbons (Fsp3) is 0.200. The van der Waals surface area contributed by atoms with Crippen LogP contribution in [0.4, 0.5) is 0 Å². The van der Waals surface area contributed by atoms with Gasteiger partial charge in [0.05, 0.1) is 0 Å². The molecule has 0 aliphatic heterocycles. The Morgan fingerprint density at radius 1 is 1.11 bits per heavy atom. The summed E-state index contributed by atoms with van der Waals surface area (Å²) >= 11 is 0. The molecule has 0 unspecified atom stereocenters. The third-order valence-electron chi connectivity index (χ3n) is 3.99. The standard InChI is InChI=1S/C20H20N2O5/c1-2-5-18(26-15-10-8-13(9-11-15)19(23)22-25)21-20(24)17-12-14-6-3-4-7-16(14)27-17/h3-4,6-12,18,25H,2,5H2,1H3,(H,21,24)(H,22,23)/t18-/m0/s1. The van der Waals surface area contributed by atoms with E-state index < -0.39 is 12.1 Å². The Bertz CT molecular complexity index is 900. The van der Waals surface area contributed by atoms with Gasteiger partial charge < -0.3 is 14.5 Å². The second kappa shape index (κ2) is 8.37. The van der Waals surface area contributed by atoms with Crippen LogP contribution in [0.5, 0.6) is 5.75 Å². The van der Waals surface area contributed by atoms with E-state index in [0.29, 0.717) is 23.3 Å². The normalized spacial score (nSPS) is 11.8. The van der Waals surface area contributed by atoms with E-state index in [-0.39, 0.29) is 11.7 Å².